The molecule has 0 fully saturated rings. The Labute approximate surface area is 110 Å². The van der Waals surface area contributed by atoms with Crippen molar-refractivity contribution in [2.45, 2.75) is 20.5 Å². The van der Waals surface area contributed by atoms with Crippen LogP contribution in [0.2, 0.25) is 0 Å². The van der Waals surface area contributed by atoms with E-state index in [1.807, 2.05) is 0 Å². The Morgan fingerprint density at radius 1 is 1.42 bits per heavy atom. The van der Waals surface area contributed by atoms with Gasteiger partial charge in [0.15, 0.2) is 5.75 Å². The zero-order chi connectivity index (χ0) is 14.0. The maximum atomic E-state index is 11.0. The summed E-state index contributed by atoms with van der Waals surface area (Å²) in [7, 11) is 1.78. The molecule has 0 aliphatic rings. The fraction of sp³-hybridized carbons (Fsp3) is 0.333. The van der Waals surface area contributed by atoms with Crippen molar-refractivity contribution in [3.05, 3.63) is 45.5 Å². The summed E-state index contributed by atoms with van der Waals surface area (Å²) < 4.78 is 7.12. The summed E-state index contributed by atoms with van der Waals surface area (Å²) in [6, 6.07) is 0. The first-order valence-corrected chi connectivity index (χ1v) is 5.70. The van der Waals surface area contributed by atoms with E-state index in [2.05, 4.69) is 10.1 Å². The van der Waals surface area contributed by atoms with Crippen molar-refractivity contribution in [3.8, 4) is 5.75 Å². The highest BCUT2D eigenvalue weighted by Crippen LogP contribution is 2.24. The monoisotopic (exact) mass is 262 g/mol. The summed E-state index contributed by atoms with van der Waals surface area (Å²) in [5, 5.41) is 15.0. The SMILES string of the molecule is Cc1cnc(COc2cnn(C)c2)c(C)c1[N+](=O)[O-]. The average Bonchev–Trinajstić information content (AvgIpc) is 2.74. The zero-order valence-electron chi connectivity index (χ0n) is 11.0. The van der Waals surface area contributed by atoms with Gasteiger partial charge in [0.05, 0.1) is 28.6 Å². The third kappa shape index (κ3) is 2.70. The van der Waals surface area contributed by atoms with Gasteiger partial charge in [-0.25, -0.2) is 0 Å². The minimum absolute atomic E-state index is 0.0970. The maximum absolute atomic E-state index is 11.0. The molecule has 0 aromatic carbocycles. The zero-order valence-corrected chi connectivity index (χ0v) is 11.0. The first kappa shape index (κ1) is 13.0. The summed E-state index contributed by atoms with van der Waals surface area (Å²) in [5.41, 5.74) is 1.74. The van der Waals surface area contributed by atoms with E-state index in [1.165, 1.54) is 6.20 Å². The number of rotatable bonds is 4. The Morgan fingerprint density at radius 3 is 2.74 bits per heavy atom. The lowest BCUT2D eigenvalue weighted by atomic mass is 10.1. The molecule has 7 heteroatoms. The van der Waals surface area contributed by atoms with Crippen LogP contribution >= 0.6 is 0 Å². The molecular weight excluding hydrogens is 248 g/mol. The van der Waals surface area contributed by atoms with E-state index in [9.17, 15) is 10.1 Å². The molecule has 0 unspecified atom stereocenters. The highest BCUT2D eigenvalue weighted by Gasteiger charge is 2.18. The number of hydrogen-bond acceptors (Lipinski definition) is 5. The Balaban J connectivity index is 2.21. The van der Waals surface area contributed by atoms with Crippen LogP contribution in [-0.2, 0) is 13.7 Å². The van der Waals surface area contributed by atoms with Gasteiger partial charge in [0.1, 0.15) is 6.61 Å². The normalized spacial score (nSPS) is 10.5. The number of aromatic nitrogens is 3. The highest BCUT2D eigenvalue weighted by atomic mass is 16.6. The number of hydrogen-bond donors (Lipinski definition) is 0. The molecular formula is C12H14N4O3. The third-order valence-corrected chi connectivity index (χ3v) is 2.81. The van der Waals surface area contributed by atoms with Gasteiger partial charge in [-0.3, -0.25) is 19.8 Å². The lowest BCUT2D eigenvalue weighted by Crippen LogP contribution is -2.05. The molecule has 2 aromatic heterocycles. The highest BCUT2D eigenvalue weighted by molar-refractivity contribution is 5.47. The largest absolute Gasteiger partial charge is 0.484 e. The van der Waals surface area contributed by atoms with Gasteiger partial charge in [0.25, 0.3) is 5.69 Å². The third-order valence-electron chi connectivity index (χ3n) is 2.81. The van der Waals surface area contributed by atoms with E-state index < -0.39 is 0 Å². The molecule has 0 N–H and O–H groups in total. The fourth-order valence-corrected chi connectivity index (χ4v) is 1.82. The summed E-state index contributed by atoms with van der Waals surface area (Å²) in [6.07, 6.45) is 4.79. The molecule has 19 heavy (non-hydrogen) atoms. The van der Waals surface area contributed by atoms with Crippen molar-refractivity contribution < 1.29 is 9.66 Å². The first-order valence-electron chi connectivity index (χ1n) is 5.70. The van der Waals surface area contributed by atoms with Gasteiger partial charge in [-0.1, -0.05) is 0 Å². The minimum Gasteiger partial charge on any atom is -0.484 e. The number of nitro groups is 1. The second-order valence-electron chi connectivity index (χ2n) is 4.26. The van der Waals surface area contributed by atoms with Crippen LogP contribution in [0.25, 0.3) is 0 Å². The maximum Gasteiger partial charge on any atom is 0.278 e. The van der Waals surface area contributed by atoms with Gasteiger partial charge in [0, 0.05) is 18.8 Å². The van der Waals surface area contributed by atoms with Crippen molar-refractivity contribution in [1.29, 1.82) is 0 Å². The van der Waals surface area contributed by atoms with Gasteiger partial charge >= 0.3 is 0 Å². The molecule has 0 saturated heterocycles. The van der Waals surface area contributed by atoms with E-state index in [0.717, 1.165) is 0 Å². The lowest BCUT2D eigenvalue weighted by Gasteiger charge is -2.08. The quantitative estimate of drug-likeness (QED) is 0.621. The van der Waals surface area contributed by atoms with E-state index in [4.69, 9.17) is 4.74 Å². The van der Waals surface area contributed by atoms with E-state index >= 15 is 0 Å². The first-order chi connectivity index (χ1) is 8.99. The Bertz CT molecular complexity index is 621. The van der Waals surface area contributed by atoms with Crippen LogP contribution in [0.5, 0.6) is 5.75 Å². The number of nitrogens with zero attached hydrogens (tertiary/aromatic N) is 4. The van der Waals surface area contributed by atoms with Crippen LogP contribution in [0.1, 0.15) is 16.8 Å². The number of aryl methyl sites for hydroxylation is 2. The predicted octanol–water partition coefficient (Wildman–Crippen LogP) is 1.92. The predicted molar refractivity (Wildman–Crippen MR) is 67.9 cm³/mol. The summed E-state index contributed by atoms with van der Waals surface area (Å²) in [6.45, 7) is 3.53. The molecule has 2 rings (SSSR count). The molecule has 0 radical (unpaired) electrons. The van der Waals surface area contributed by atoms with Crippen molar-refractivity contribution >= 4 is 5.69 Å². The summed E-state index contributed by atoms with van der Waals surface area (Å²) >= 11 is 0. The van der Waals surface area contributed by atoms with E-state index in [-0.39, 0.29) is 17.2 Å². The standard InChI is InChI=1S/C12H14N4O3/c1-8-4-13-11(9(2)12(8)16(17)18)7-19-10-5-14-15(3)6-10/h4-6H,7H2,1-3H3. The fourth-order valence-electron chi connectivity index (χ4n) is 1.82. The van der Waals surface area contributed by atoms with Crippen LogP contribution in [0.4, 0.5) is 5.69 Å². The molecule has 0 amide bonds. The molecule has 0 aliphatic heterocycles. The average molecular weight is 262 g/mol. The van der Waals surface area contributed by atoms with Crippen LogP contribution in [-0.4, -0.2) is 19.7 Å². The molecule has 0 spiro atoms. The smallest absolute Gasteiger partial charge is 0.278 e. The number of ether oxygens (including phenoxy) is 1. The van der Waals surface area contributed by atoms with Crippen LogP contribution in [0.3, 0.4) is 0 Å². The van der Waals surface area contributed by atoms with Gasteiger partial charge in [0.2, 0.25) is 0 Å². The Hall–Kier alpha value is -2.44. The van der Waals surface area contributed by atoms with Crippen LogP contribution in [0, 0.1) is 24.0 Å². The van der Waals surface area contributed by atoms with Gasteiger partial charge in [-0.05, 0) is 13.8 Å². The lowest BCUT2D eigenvalue weighted by molar-refractivity contribution is -0.386. The molecule has 2 aromatic rings. The van der Waals surface area contributed by atoms with E-state index in [1.54, 1.807) is 38.0 Å². The summed E-state index contributed by atoms with van der Waals surface area (Å²) in [5.74, 6) is 0.604. The van der Waals surface area contributed by atoms with Crippen LogP contribution in [0.15, 0.2) is 18.6 Å². The van der Waals surface area contributed by atoms with E-state index in [0.29, 0.717) is 22.6 Å². The van der Waals surface area contributed by atoms with Crippen LogP contribution < -0.4 is 4.74 Å². The van der Waals surface area contributed by atoms with Gasteiger partial charge in [-0.2, -0.15) is 5.10 Å². The molecule has 7 nitrogen and oxygen atoms in total. The molecule has 100 valence electrons. The Morgan fingerprint density at radius 2 is 2.16 bits per heavy atom. The van der Waals surface area contributed by atoms with Crippen molar-refractivity contribution in [2.24, 2.45) is 7.05 Å². The summed E-state index contributed by atoms with van der Waals surface area (Å²) in [4.78, 5) is 14.8. The second-order valence-corrected chi connectivity index (χ2v) is 4.26. The number of pyridine rings is 1. The van der Waals surface area contributed by atoms with Gasteiger partial charge < -0.3 is 4.74 Å². The molecule has 0 bridgehead atoms. The van der Waals surface area contributed by atoms with Gasteiger partial charge in [-0.15, -0.1) is 0 Å². The Kier molecular flexibility index (Phi) is 3.46. The molecule has 0 atom stereocenters. The minimum atomic E-state index is -0.389. The second kappa shape index (κ2) is 5.05. The molecule has 2 heterocycles. The molecule has 0 aliphatic carbocycles. The van der Waals surface area contributed by atoms with Crippen molar-refractivity contribution in [2.75, 3.05) is 0 Å². The molecule has 0 saturated carbocycles. The van der Waals surface area contributed by atoms with Crippen molar-refractivity contribution in [3.63, 3.8) is 0 Å². The topological polar surface area (TPSA) is 83.1 Å². The van der Waals surface area contributed by atoms with Crippen molar-refractivity contribution in [1.82, 2.24) is 14.8 Å².